The van der Waals surface area contributed by atoms with Gasteiger partial charge in [0, 0.05) is 17.2 Å². The minimum absolute atomic E-state index is 0.166. The number of hydrogen-bond donors (Lipinski definition) is 2. The molecule has 2 aromatic rings. The lowest BCUT2D eigenvalue weighted by molar-refractivity contribution is 0.101. The fraction of sp³-hybridized carbons (Fsp3) is 0.474. The number of carbonyl (C=O) groups is 1. The van der Waals surface area contributed by atoms with Crippen molar-refractivity contribution in [1.29, 1.82) is 0 Å². The Labute approximate surface area is 141 Å². The fourth-order valence-electron chi connectivity index (χ4n) is 3.45. The second kappa shape index (κ2) is 6.77. The summed E-state index contributed by atoms with van der Waals surface area (Å²) in [5, 5.41) is 10.5. The van der Waals surface area contributed by atoms with Crippen LogP contribution in [0.15, 0.2) is 34.9 Å². The number of aromatic nitrogens is 1. The summed E-state index contributed by atoms with van der Waals surface area (Å²) in [4.78, 5) is 12.7. The van der Waals surface area contributed by atoms with Crippen molar-refractivity contribution >= 4 is 11.6 Å². The molecule has 1 aromatic carbocycles. The van der Waals surface area contributed by atoms with Crippen molar-refractivity contribution in [3.05, 3.63) is 47.3 Å². The van der Waals surface area contributed by atoms with Crippen molar-refractivity contribution in [1.82, 2.24) is 10.5 Å². The maximum absolute atomic E-state index is 12.7. The van der Waals surface area contributed by atoms with Gasteiger partial charge in [-0.15, -0.1) is 0 Å². The van der Waals surface area contributed by atoms with Gasteiger partial charge in [0.1, 0.15) is 5.76 Å². The SMILES string of the molecule is O=C(Nc1ccccc1)c1noc(C2CC2)c1CC1CCNCC1. The van der Waals surface area contributed by atoms with Gasteiger partial charge in [0.2, 0.25) is 0 Å². The second-order valence-corrected chi connectivity index (χ2v) is 6.87. The Bertz CT molecular complexity index is 701. The maximum Gasteiger partial charge on any atom is 0.278 e. The molecule has 0 unspecified atom stereocenters. The fourth-order valence-corrected chi connectivity index (χ4v) is 3.45. The van der Waals surface area contributed by atoms with E-state index in [0.717, 1.165) is 62.2 Å². The van der Waals surface area contributed by atoms with Crippen LogP contribution in [0.25, 0.3) is 0 Å². The van der Waals surface area contributed by atoms with E-state index in [0.29, 0.717) is 17.5 Å². The van der Waals surface area contributed by atoms with Crippen LogP contribution < -0.4 is 10.6 Å². The van der Waals surface area contributed by atoms with Crippen LogP contribution >= 0.6 is 0 Å². The quantitative estimate of drug-likeness (QED) is 0.885. The monoisotopic (exact) mass is 325 g/mol. The number of benzene rings is 1. The number of carbonyl (C=O) groups excluding carboxylic acids is 1. The summed E-state index contributed by atoms with van der Waals surface area (Å²) in [5.41, 5.74) is 2.29. The number of rotatable bonds is 5. The zero-order valence-corrected chi connectivity index (χ0v) is 13.8. The molecule has 0 bridgehead atoms. The molecular formula is C19H23N3O2. The van der Waals surface area contributed by atoms with E-state index in [1.807, 2.05) is 30.3 Å². The molecule has 1 saturated heterocycles. The molecule has 5 nitrogen and oxygen atoms in total. The number of amides is 1. The Morgan fingerprint density at radius 1 is 1.17 bits per heavy atom. The number of nitrogens with one attached hydrogen (secondary N) is 2. The molecule has 0 atom stereocenters. The van der Waals surface area contributed by atoms with E-state index in [1.54, 1.807) is 0 Å². The van der Waals surface area contributed by atoms with Crippen LogP contribution in [0.4, 0.5) is 5.69 Å². The first-order valence-corrected chi connectivity index (χ1v) is 8.87. The second-order valence-electron chi connectivity index (χ2n) is 6.87. The van der Waals surface area contributed by atoms with Crippen molar-refractivity contribution in [3.8, 4) is 0 Å². The average Bonchev–Trinajstić information content (AvgIpc) is 3.37. The van der Waals surface area contributed by atoms with Crippen molar-refractivity contribution < 1.29 is 9.32 Å². The standard InChI is InChI=1S/C19H23N3O2/c23-19(21-15-4-2-1-3-5-15)17-16(12-13-8-10-20-11-9-13)18(24-22-17)14-6-7-14/h1-5,13-14,20H,6-12H2,(H,21,23). The molecule has 2 heterocycles. The summed E-state index contributed by atoms with van der Waals surface area (Å²) in [5.74, 6) is 1.85. The zero-order valence-electron chi connectivity index (χ0n) is 13.8. The van der Waals surface area contributed by atoms with E-state index < -0.39 is 0 Å². The number of para-hydroxylation sites is 1. The van der Waals surface area contributed by atoms with Gasteiger partial charge in [0.05, 0.1) is 0 Å². The van der Waals surface area contributed by atoms with Gasteiger partial charge in [-0.05, 0) is 63.2 Å². The Kier molecular flexibility index (Phi) is 4.34. The summed E-state index contributed by atoms with van der Waals surface area (Å²) in [6.45, 7) is 2.11. The van der Waals surface area contributed by atoms with Crippen LogP contribution in [-0.4, -0.2) is 24.2 Å². The molecule has 2 fully saturated rings. The number of nitrogens with zero attached hydrogens (tertiary/aromatic N) is 1. The van der Waals surface area contributed by atoms with Gasteiger partial charge < -0.3 is 15.2 Å². The van der Waals surface area contributed by atoms with Gasteiger partial charge in [0.25, 0.3) is 5.91 Å². The lowest BCUT2D eigenvalue weighted by Gasteiger charge is -2.22. The van der Waals surface area contributed by atoms with E-state index >= 15 is 0 Å². The van der Waals surface area contributed by atoms with Crippen LogP contribution in [-0.2, 0) is 6.42 Å². The van der Waals surface area contributed by atoms with Crippen molar-refractivity contribution in [2.75, 3.05) is 18.4 Å². The molecule has 4 rings (SSSR count). The predicted octanol–water partition coefficient (Wildman–Crippen LogP) is 3.35. The van der Waals surface area contributed by atoms with Gasteiger partial charge in [-0.3, -0.25) is 4.79 Å². The molecule has 0 spiro atoms. The summed E-state index contributed by atoms with van der Waals surface area (Å²) in [7, 11) is 0. The Balaban J connectivity index is 1.56. The number of piperidine rings is 1. The lowest BCUT2D eigenvalue weighted by Crippen LogP contribution is -2.29. The van der Waals surface area contributed by atoms with Crippen molar-refractivity contribution in [3.63, 3.8) is 0 Å². The van der Waals surface area contributed by atoms with Gasteiger partial charge in [0.15, 0.2) is 5.69 Å². The molecule has 5 heteroatoms. The normalized spacial score (nSPS) is 18.5. The van der Waals surface area contributed by atoms with Crippen LogP contribution in [0.2, 0.25) is 0 Å². The van der Waals surface area contributed by atoms with Crippen LogP contribution in [0.3, 0.4) is 0 Å². The molecular weight excluding hydrogens is 302 g/mol. The highest BCUT2D eigenvalue weighted by atomic mass is 16.5. The van der Waals surface area contributed by atoms with Crippen LogP contribution in [0, 0.1) is 5.92 Å². The highest BCUT2D eigenvalue weighted by Crippen LogP contribution is 2.43. The van der Waals surface area contributed by atoms with E-state index in [9.17, 15) is 4.79 Å². The first kappa shape index (κ1) is 15.4. The van der Waals surface area contributed by atoms with E-state index in [1.165, 1.54) is 0 Å². The van der Waals surface area contributed by atoms with Crippen molar-refractivity contribution in [2.45, 2.75) is 38.0 Å². The molecule has 0 radical (unpaired) electrons. The third kappa shape index (κ3) is 3.36. The molecule has 2 aliphatic rings. The molecule has 1 aliphatic heterocycles. The van der Waals surface area contributed by atoms with Crippen LogP contribution in [0.5, 0.6) is 0 Å². The van der Waals surface area contributed by atoms with Gasteiger partial charge in [-0.25, -0.2) is 0 Å². The third-order valence-electron chi connectivity index (χ3n) is 4.96. The molecule has 24 heavy (non-hydrogen) atoms. The largest absolute Gasteiger partial charge is 0.360 e. The molecule has 126 valence electrons. The number of anilines is 1. The minimum atomic E-state index is -0.166. The predicted molar refractivity (Wildman–Crippen MR) is 92.2 cm³/mol. The smallest absolute Gasteiger partial charge is 0.278 e. The minimum Gasteiger partial charge on any atom is -0.360 e. The van der Waals surface area contributed by atoms with E-state index in [-0.39, 0.29) is 5.91 Å². The lowest BCUT2D eigenvalue weighted by atomic mass is 9.89. The Morgan fingerprint density at radius 2 is 1.92 bits per heavy atom. The number of hydrogen-bond acceptors (Lipinski definition) is 4. The maximum atomic E-state index is 12.7. The topological polar surface area (TPSA) is 67.2 Å². The first-order chi connectivity index (χ1) is 11.8. The summed E-state index contributed by atoms with van der Waals surface area (Å²) < 4.78 is 5.59. The summed E-state index contributed by atoms with van der Waals surface area (Å²) in [6.07, 6.45) is 5.49. The average molecular weight is 325 g/mol. The van der Waals surface area contributed by atoms with Crippen molar-refractivity contribution in [2.24, 2.45) is 5.92 Å². The molecule has 1 saturated carbocycles. The first-order valence-electron chi connectivity index (χ1n) is 8.87. The highest BCUT2D eigenvalue weighted by molar-refractivity contribution is 6.03. The van der Waals surface area contributed by atoms with Gasteiger partial charge in [-0.2, -0.15) is 0 Å². The van der Waals surface area contributed by atoms with Crippen LogP contribution in [0.1, 0.15) is 53.4 Å². The summed E-state index contributed by atoms with van der Waals surface area (Å²) >= 11 is 0. The van der Waals surface area contributed by atoms with Gasteiger partial charge >= 0.3 is 0 Å². The Hall–Kier alpha value is -2.14. The van der Waals surface area contributed by atoms with E-state index in [2.05, 4.69) is 15.8 Å². The summed E-state index contributed by atoms with van der Waals surface area (Å²) in [6, 6.07) is 9.51. The Morgan fingerprint density at radius 3 is 2.62 bits per heavy atom. The molecule has 2 N–H and O–H groups in total. The molecule has 1 amide bonds. The highest BCUT2D eigenvalue weighted by Gasteiger charge is 2.34. The zero-order chi connectivity index (χ0) is 16.4. The van der Waals surface area contributed by atoms with Gasteiger partial charge in [-0.1, -0.05) is 23.4 Å². The third-order valence-corrected chi connectivity index (χ3v) is 4.96. The molecule has 1 aromatic heterocycles. The molecule has 1 aliphatic carbocycles. The van der Waals surface area contributed by atoms with E-state index in [4.69, 9.17) is 4.52 Å².